The van der Waals surface area contributed by atoms with E-state index >= 15 is 0 Å². The van der Waals surface area contributed by atoms with E-state index < -0.39 is 11.9 Å². The first-order chi connectivity index (χ1) is 13.7. The third-order valence-electron chi connectivity index (χ3n) is 4.61. The number of carboxylic acid groups (broad SMARTS) is 1. The van der Waals surface area contributed by atoms with Crippen LogP contribution < -0.4 is 5.32 Å². The van der Waals surface area contributed by atoms with Crippen LogP contribution >= 0.6 is 11.3 Å². The Morgan fingerprint density at radius 1 is 1.04 bits per heavy atom. The second-order valence-electron chi connectivity index (χ2n) is 6.43. The van der Waals surface area contributed by atoms with E-state index in [2.05, 4.69) is 5.32 Å². The van der Waals surface area contributed by atoms with Crippen molar-refractivity contribution >= 4 is 39.8 Å². The maximum absolute atomic E-state index is 11.4. The van der Waals surface area contributed by atoms with Crippen LogP contribution in [-0.2, 0) is 4.79 Å². The minimum atomic E-state index is -0.802. The van der Waals surface area contributed by atoms with Crippen molar-refractivity contribution in [3.05, 3.63) is 71.6 Å². The molecule has 6 heteroatoms. The highest BCUT2D eigenvalue weighted by Gasteiger charge is 2.17. The van der Waals surface area contributed by atoms with Crippen LogP contribution in [0.1, 0.15) is 24.8 Å². The predicted molar refractivity (Wildman–Crippen MR) is 113 cm³/mol. The van der Waals surface area contributed by atoms with Crippen LogP contribution in [0.5, 0.6) is 0 Å². The van der Waals surface area contributed by atoms with E-state index in [0.717, 1.165) is 32.9 Å². The number of thiophene rings is 1. The Kier molecular flexibility index (Phi) is 5.04. The Balaban J connectivity index is 1.71. The molecule has 2 heterocycles. The van der Waals surface area contributed by atoms with Crippen molar-refractivity contribution in [2.24, 2.45) is 0 Å². The number of hydrogen-bond donors (Lipinski definition) is 2. The van der Waals surface area contributed by atoms with Gasteiger partial charge >= 0.3 is 5.97 Å². The van der Waals surface area contributed by atoms with Crippen LogP contribution in [0.25, 0.3) is 21.6 Å². The second kappa shape index (κ2) is 7.78. The fraction of sp³-hybridized carbons (Fsp3) is 0.136. The standard InChI is InChI=1S/C22H19N3O2S/c1-2-16(22(26)27)14-9-11-15(12-10-14)23-21-20(19-8-5-13-28-19)24-17-6-3-4-7-18(17)25-21/h3-13,16H,2H2,1H3,(H,23,25)(H,26,27). The lowest BCUT2D eigenvalue weighted by atomic mass is 9.96. The fourth-order valence-electron chi connectivity index (χ4n) is 3.16. The van der Waals surface area contributed by atoms with Crippen molar-refractivity contribution in [2.75, 3.05) is 5.32 Å². The lowest BCUT2D eigenvalue weighted by Gasteiger charge is -2.13. The highest BCUT2D eigenvalue weighted by molar-refractivity contribution is 7.13. The monoisotopic (exact) mass is 389 g/mol. The van der Waals surface area contributed by atoms with Gasteiger partial charge in [0, 0.05) is 5.69 Å². The number of carbonyl (C=O) groups is 1. The first-order valence-electron chi connectivity index (χ1n) is 9.06. The molecule has 2 N–H and O–H groups in total. The summed E-state index contributed by atoms with van der Waals surface area (Å²) in [6.07, 6.45) is 0.556. The van der Waals surface area contributed by atoms with Crippen molar-refractivity contribution in [1.29, 1.82) is 0 Å². The second-order valence-corrected chi connectivity index (χ2v) is 7.38. The SMILES string of the molecule is CCC(C(=O)O)c1ccc(Nc2nc3ccccc3nc2-c2cccs2)cc1. The quantitative estimate of drug-likeness (QED) is 0.444. The number of nitrogens with one attached hydrogen (secondary N) is 1. The van der Waals surface area contributed by atoms with E-state index in [9.17, 15) is 9.90 Å². The fourth-order valence-corrected chi connectivity index (χ4v) is 3.88. The molecule has 0 aliphatic rings. The summed E-state index contributed by atoms with van der Waals surface area (Å²) in [4.78, 5) is 22.0. The van der Waals surface area contributed by atoms with Crippen LogP contribution in [0.15, 0.2) is 66.0 Å². The summed E-state index contributed by atoms with van der Waals surface area (Å²) in [7, 11) is 0. The molecule has 0 saturated heterocycles. The predicted octanol–water partition coefficient (Wildman–Crippen LogP) is 5.68. The summed E-state index contributed by atoms with van der Waals surface area (Å²) >= 11 is 1.61. The number of aromatic nitrogens is 2. The molecule has 0 aliphatic heterocycles. The maximum Gasteiger partial charge on any atom is 0.310 e. The van der Waals surface area contributed by atoms with Crippen molar-refractivity contribution in [2.45, 2.75) is 19.3 Å². The molecule has 4 rings (SSSR count). The molecule has 0 spiro atoms. The number of aliphatic carboxylic acids is 1. The number of benzene rings is 2. The zero-order valence-electron chi connectivity index (χ0n) is 15.3. The largest absolute Gasteiger partial charge is 0.481 e. The lowest BCUT2D eigenvalue weighted by molar-refractivity contribution is -0.138. The summed E-state index contributed by atoms with van der Waals surface area (Å²) in [6.45, 7) is 1.88. The normalized spacial score (nSPS) is 12.0. The van der Waals surface area contributed by atoms with Gasteiger partial charge in [0.1, 0.15) is 5.69 Å². The van der Waals surface area contributed by atoms with Crippen LogP contribution in [0.4, 0.5) is 11.5 Å². The highest BCUT2D eigenvalue weighted by atomic mass is 32.1. The first-order valence-corrected chi connectivity index (χ1v) is 9.94. The summed E-state index contributed by atoms with van der Waals surface area (Å²) in [5.74, 6) is -0.612. The zero-order chi connectivity index (χ0) is 19.5. The number of carboxylic acids is 1. The van der Waals surface area contributed by atoms with Crippen molar-refractivity contribution < 1.29 is 9.90 Å². The van der Waals surface area contributed by atoms with E-state index in [-0.39, 0.29) is 0 Å². The van der Waals surface area contributed by atoms with Crippen LogP contribution in [-0.4, -0.2) is 21.0 Å². The summed E-state index contributed by atoms with van der Waals surface area (Å²) in [5, 5.41) is 14.7. The summed E-state index contributed by atoms with van der Waals surface area (Å²) in [5.41, 5.74) is 4.10. The van der Waals surface area contributed by atoms with Gasteiger partial charge in [0.2, 0.25) is 0 Å². The molecule has 0 amide bonds. The van der Waals surface area contributed by atoms with Gasteiger partial charge in [-0.2, -0.15) is 0 Å². The smallest absolute Gasteiger partial charge is 0.310 e. The number of hydrogen-bond acceptors (Lipinski definition) is 5. The summed E-state index contributed by atoms with van der Waals surface area (Å²) < 4.78 is 0. The number of rotatable bonds is 6. The zero-order valence-corrected chi connectivity index (χ0v) is 16.1. The molecule has 0 aliphatic carbocycles. The third-order valence-corrected chi connectivity index (χ3v) is 5.48. The average molecular weight is 389 g/mol. The molecule has 140 valence electrons. The first kappa shape index (κ1) is 18.1. The van der Waals surface area contributed by atoms with Gasteiger partial charge in [-0.15, -0.1) is 11.3 Å². The van der Waals surface area contributed by atoms with Crippen molar-refractivity contribution in [3.63, 3.8) is 0 Å². The lowest BCUT2D eigenvalue weighted by Crippen LogP contribution is -2.10. The Bertz CT molecular complexity index is 1110. The molecule has 2 aromatic carbocycles. The van der Waals surface area contributed by atoms with E-state index in [0.29, 0.717) is 12.2 Å². The van der Waals surface area contributed by atoms with Gasteiger partial charge < -0.3 is 10.4 Å². The molecule has 0 saturated carbocycles. The molecule has 5 nitrogen and oxygen atoms in total. The number of anilines is 2. The van der Waals surface area contributed by atoms with Crippen LogP contribution in [0, 0.1) is 0 Å². The van der Waals surface area contributed by atoms with E-state index in [1.165, 1.54) is 0 Å². The minimum absolute atomic E-state index is 0.490. The molecular formula is C22H19N3O2S. The molecule has 0 fully saturated rings. The van der Waals surface area contributed by atoms with Gasteiger partial charge in [-0.1, -0.05) is 37.3 Å². The van der Waals surface area contributed by atoms with E-state index in [1.807, 2.05) is 73.0 Å². The number of para-hydroxylation sites is 2. The average Bonchev–Trinajstić information content (AvgIpc) is 3.24. The van der Waals surface area contributed by atoms with Gasteiger partial charge in [-0.05, 0) is 47.7 Å². The molecule has 0 radical (unpaired) electrons. The van der Waals surface area contributed by atoms with Crippen LogP contribution in [0.2, 0.25) is 0 Å². The minimum Gasteiger partial charge on any atom is -0.481 e. The Hall–Kier alpha value is -3.25. The Labute approximate surface area is 166 Å². The van der Waals surface area contributed by atoms with E-state index in [1.54, 1.807) is 11.3 Å². The molecule has 2 aromatic heterocycles. The molecule has 4 aromatic rings. The molecule has 1 atom stereocenters. The Morgan fingerprint density at radius 3 is 2.36 bits per heavy atom. The molecule has 1 unspecified atom stereocenters. The number of fused-ring (bicyclic) bond motifs is 1. The van der Waals surface area contributed by atoms with Crippen molar-refractivity contribution in [3.8, 4) is 10.6 Å². The van der Waals surface area contributed by atoms with Gasteiger partial charge in [-0.3, -0.25) is 4.79 Å². The topological polar surface area (TPSA) is 75.1 Å². The molecule has 0 bridgehead atoms. The highest BCUT2D eigenvalue weighted by Crippen LogP contribution is 2.32. The Morgan fingerprint density at radius 2 is 1.75 bits per heavy atom. The molecule has 28 heavy (non-hydrogen) atoms. The van der Waals surface area contributed by atoms with Gasteiger partial charge in [0.25, 0.3) is 0 Å². The van der Waals surface area contributed by atoms with E-state index in [4.69, 9.17) is 9.97 Å². The van der Waals surface area contributed by atoms with Gasteiger partial charge in [0.05, 0.1) is 21.8 Å². The van der Waals surface area contributed by atoms with Crippen molar-refractivity contribution in [1.82, 2.24) is 9.97 Å². The summed E-state index contributed by atoms with van der Waals surface area (Å²) in [6, 6.07) is 19.3. The maximum atomic E-state index is 11.4. The van der Waals surface area contributed by atoms with Gasteiger partial charge in [-0.25, -0.2) is 9.97 Å². The van der Waals surface area contributed by atoms with Crippen LogP contribution in [0.3, 0.4) is 0 Å². The number of nitrogens with zero attached hydrogens (tertiary/aromatic N) is 2. The third kappa shape index (κ3) is 3.59. The van der Waals surface area contributed by atoms with Gasteiger partial charge in [0.15, 0.2) is 5.82 Å². The molecular weight excluding hydrogens is 370 g/mol.